The first-order chi connectivity index (χ1) is 15.7. The summed E-state index contributed by atoms with van der Waals surface area (Å²) in [6.45, 7) is 2.28. The van der Waals surface area contributed by atoms with Crippen LogP contribution >= 0.6 is 0 Å². The van der Waals surface area contributed by atoms with E-state index in [4.69, 9.17) is 4.98 Å². The zero-order chi connectivity index (χ0) is 21.5. The van der Waals surface area contributed by atoms with E-state index in [1.165, 1.54) is 69.0 Å². The van der Waals surface area contributed by atoms with E-state index in [2.05, 4.69) is 91.9 Å². The van der Waals surface area contributed by atoms with E-state index in [0.717, 1.165) is 12.1 Å². The Bertz CT molecular complexity index is 1390. The molecule has 0 bridgehead atoms. The standard InChI is InChI=1S/C31H27N/c1-21-7-8-26-19-29(14-13-25(26)17-21)31-30-20-28(12-10-23(30)15-16-32-31)27-11-9-22-5-3-2-4-6-24(22)18-27/h4,6-16,18-21H,2-3,5,17H2,1H3. The van der Waals surface area contributed by atoms with Gasteiger partial charge in [-0.15, -0.1) is 0 Å². The van der Waals surface area contributed by atoms with Gasteiger partial charge in [0.25, 0.3) is 0 Å². The summed E-state index contributed by atoms with van der Waals surface area (Å²) in [7, 11) is 0. The minimum atomic E-state index is 0.613. The summed E-state index contributed by atoms with van der Waals surface area (Å²) in [5, 5.41) is 2.44. The van der Waals surface area contributed by atoms with Crippen molar-refractivity contribution < 1.29 is 0 Å². The molecule has 2 aliphatic rings. The second-order valence-electron chi connectivity index (χ2n) is 9.26. The third-order valence-corrected chi connectivity index (χ3v) is 6.93. The molecule has 0 spiro atoms. The van der Waals surface area contributed by atoms with Crippen molar-refractivity contribution in [2.75, 3.05) is 0 Å². The quantitative estimate of drug-likeness (QED) is 0.323. The molecule has 0 radical (unpaired) electrons. The average Bonchev–Trinajstić information content (AvgIpc) is 3.08. The molecule has 32 heavy (non-hydrogen) atoms. The number of rotatable bonds is 2. The summed E-state index contributed by atoms with van der Waals surface area (Å²) in [4.78, 5) is 4.82. The minimum Gasteiger partial charge on any atom is -0.256 e. The molecule has 1 heterocycles. The largest absolute Gasteiger partial charge is 0.256 e. The third-order valence-electron chi connectivity index (χ3n) is 6.93. The van der Waals surface area contributed by atoms with Gasteiger partial charge in [0, 0.05) is 17.1 Å². The van der Waals surface area contributed by atoms with Gasteiger partial charge in [-0.3, -0.25) is 4.98 Å². The highest BCUT2D eigenvalue weighted by Crippen LogP contribution is 2.34. The van der Waals surface area contributed by atoms with Gasteiger partial charge in [-0.2, -0.15) is 0 Å². The topological polar surface area (TPSA) is 12.9 Å². The fraction of sp³-hybridized carbons (Fsp3) is 0.194. The van der Waals surface area contributed by atoms with Crippen LogP contribution in [0.1, 0.15) is 42.0 Å². The maximum atomic E-state index is 4.82. The Morgan fingerprint density at radius 3 is 2.53 bits per heavy atom. The molecular weight excluding hydrogens is 386 g/mol. The number of pyridine rings is 1. The maximum Gasteiger partial charge on any atom is 0.0780 e. The van der Waals surface area contributed by atoms with Crippen LogP contribution < -0.4 is 0 Å². The molecule has 1 heteroatoms. The van der Waals surface area contributed by atoms with E-state index >= 15 is 0 Å². The van der Waals surface area contributed by atoms with Crippen LogP contribution in [0.15, 0.2) is 79.0 Å². The molecule has 0 fully saturated rings. The predicted molar refractivity (Wildman–Crippen MR) is 136 cm³/mol. The Morgan fingerprint density at radius 2 is 1.56 bits per heavy atom. The smallest absolute Gasteiger partial charge is 0.0780 e. The number of allylic oxidation sites excluding steroid dienone is 2. The number of hydrogen-bond acceptors (Lipinski definition) is 1. The van der Waals surface area contributed by atoms with Crippen molar-refractivity contribution in [2.24, 2.45) is 5.92 Å². The maximum absolute atomic E-state index is 4.82. The molecule has 3 aromatic carbocycles. The van der Waals surface area contributed by atoms with E-state index in [1.54, 1.807) is 0 Å². The van der Waals surface area contributed by atoms with Gasteiger partial charge in [-0.25, -0.2) is 0 Å². The van der Waals surface area contributed by atoms with Gasteiger partial charge in [0.15, 0.2) is 0 Å². The lowest BCUT2D eigenvalue weighted by Gasteiger charge is -2.17. The summed E-state index contributed by atoms with van der Waals surface area (Å²) < 4.78 is 0. The first-order valence-corrected chi connectivity index (χ1v) is 11.7. The molecule has 1 atom stereocenters. The molecule has 4 aromatic rings. The van der Waals surface area contributed by atoms with Crippen LogP contribution in [0.3, 0.4) is 0 Å². The van der Waals surface area contributed by atoms with Gasteiger partial charge < -0.3 is 0 Å². The molecule has 0 aliphatic heterocycles. The molecule has 156 valence electrons. The number of hydrogen-bond donors (Lipinski definition) is 0. The molecule has 6 rings (SSSR count). The highest BCUT2D eigenvalue weighted by Gasteiger charge is 2.14. The van der Waals surface area contributed by atoms with E-state index in [9.17, 15) is 0 Å². The van der Waals surface area contributed by atoms with Gasteiger partial charge in [0.2, 0.25) is 0 Å². The molecule has 0 amide bonds. The Balaban J connectivity index is 1.46. The van der Waals surface area contributed by atoms with Crippen LogP contribution in [0, 0.1) is 5.92 Å². The Hall–Kier alpha value is -3.45. The van der Waals surface area contributed by atoms with Gasteiger partial charge in [-0.05, 0) is 94.6 Å². The molecular formula is C31H27N. The van der Waals surface area contributed by atoms with Crippen molar-refractivity contribution in [1.29, 1.82) is 0 Å². The van der Waals surface area contributed by atoms with Crippen molar-refractivity contribution in [2.45, 2.75) is 32.6 Å². The SMILES string of the molecule is CC1C=Cc2cc(-c3nccc4ccc(-c5ccc6c(c5)C=CCCC6)cc34)ccc2C1. The molecule has 0 saturated heterocycles. The van der Waals surface area contributed by atoms with Crippen LogP contribution in [0.5, 0.6) is 0 Å². The van der Waals surface area contributed by atoms with E-state index in [1.807, 2.05) is 6.20 Å². The number of aryl methyl sites for hydroxylation is 1. The Kier molecular flexibility index (Phi) is 4.76. The molecule has 1 unspecified atom stereocenters. The van der Waals surface area contributed by atoms with Gasteiger partial charge >= 0.3 is 0 Å². The van der Waals surface area contributed by atoms with Crippen molar-refractivity contribution in [1.82, 2.24) is 4.98 Å². The highest BCUT2D eigenvalue weighted by atomic mass is 14.7. The van der Waals surface area contributed by atoms with E-state index in [0.29, 0.717) is 5.92 Å². The van der Waals surface area contributed by atoms with Crippen LogP contribution in [-0.4, -0.2) is 4.98 Å². The summed E-state index contributed by atoms with van der Waals surface area (Å²) in [6, 6.07) is 22.7. The lowest BCUT2D eigenvalue weighted by Crippen LogP contribution is -2.03. The lowest BCUT2D eigenvalue weighted by atomic mass is 9.88. The first-order valence-electron chi connectivity index (χ1n) is 11.7. The zero-order valence-electron chi connectivity index (χ0n) is 18.5. The fourth-order valence-electron chi connectivity index (χ4n) is 5.12. The molecule has 1 aromatic heterocycles. The average molecular weight is 414 g/mol. The van der Waals surface area contributed by atoms with Crippen molar-refractivity contribution in [3.8, 4) is 22.4 Å². The second kappa shape index (κ2) is 7.91. The summed E-state index contributed by atoms with van der Waals surface area (Å²) >= 11 is 0. The van der Waals surface area contributed by atoms with Crippen LogP contribution in [0.2, 0.25) is 0 Å². The van der Waals surface area contributed by atoms with E-state index in [-0.39, 0.29) is 0 Å². The molecule has 0 saturated carbocycles. The monoisotopic (exact) mass is 413 g/mol. The minimum absolute atomic E-state index is 0.613. The van der Waals surface area contributed by atoms with Gasteiger partial charge in [-0.1, -0.05) is 67.6 Å². The summed E-state index contributed by atoms with van der Waals surface area (Å²) in [6.07, 6.45) is 15.8. The number of aromatic nitrogens is 1. The number of nitrogens with zero attached hydrogens (tertiary/aromatic N) is 1. The predicted octanol–water partition coefficient (Wildman–Crippen LogP) is 8.12. The van der Waals surface area contributed by atoms with Gasteiger partial charge in [0.1, 0.15) is 0 Å². The van der Waals surface area contributed by atoms with Crippen LogP contribution in [0.25, 0.3) is 45.3 Å². The Labute approximate surface area is 190 Å². The lowest BCUT2D eigenvalue weighted by molar-refractivity contribution is 0.717. The van der Waals surface area contributed by atoms with Gasteiger partial charge in [0.05, 0.1) is 5.69 Å². The molecule has 2 aliphatic carbocycles. The van der Waals surface area contributed by atoms with Crippen molar-refractivity contribution in [3.63, 3.8) is 0 Å². The highest BCUT2D eigenvalue weighted by molar-refractivity contribution is 5.97. The molecule has 0 N–H and O–H groups in total. The second-order valence-corrected chi connectivity index (χ2v) is 9.26. The summed E-state index contributed by atoms with van der Waals surface area (Å²) in [5.41, 5.74) is 10.4. The third kappa shape index (κ3) is 3.48. The fourth-order valence-corrected chi connectivity index (χ4v) is 5.12. The number of fused-ring (bicyclic) bond motifs is 3. The van der Waals surface area contributed by atoms with Crippen LogP contribution in [-0.2, 0) is 12.8 Å². The van der Waals surface area contributed by atoms with Crippen molar-refractivity contribution in [3.05, 3.63) is 101 Å². The zero-order valence-corrected chi connectivity index (χ0v) is 18.5. The van der Waals surface area contributed by atoms with Crippen molar-refractivity contribution >= 4 is 22.9 Å². The Morgan fingerprint density at radius 1 is 0.781 bits per heavy atom. The van der Waals surface area contributed by atoms with E-state index < -0.39 is 0 Å². The molecule has 1 nitrogen and oxygen atoms in total. The first kappa shape index (κ1) is 19.3. The number of benzene rings is 3. The summed E-state index contributed by atoms with van der Waals surface area (Å²) in [5.74, 6) is 0.613. The normalized spacial score (nSPS) is 17.1. The van der Waals surface area contributed by atoms with Crippen LogP contribution in [0.4, 0.5) is 0 Å².